The lowest BCUT2D eigenvalue weighted by molar-refractivity contribution is -0.137. The van der Waals surface area contributed by atoms with Crippen LogP contribution in [-0.2, 0) is 19.0 Å². The van der Waals surface area contributed by atoms with Gasteiger partial charge in [-0.3, -0.25) is 14.2 Å². The van der Waals surface area contributed by atoms with E-state index in [1.54, 1.807) is 16.0 Å². The number of amides is 1. The van der Waals surface area contributed by atoms with Crippen molar-refractivity contribution in [2.75, 3.05) is 6.54 Å². The van der Waals surface area contributed by atoms with Crippen LogP contribution in [-0.4, -0.2) is 32.9 Å². The zero-order chi connectivity index (χ0) is 32.5. The third-order valence-electron chi connectivity index (χ3n) is 8.39. The lowest BCUT2D eigenvalue weighted by atomic mass is 9.98. The minimum Gasteiger partial charge on any atom is -0.336 e. The van der Waals surface area contributed by atoms with Crippen molar-refractivity contribution in [1.29, 1.82) is 0 Å². The summed E-state index contributed by atoms with van der Waals surface area (Å²) in [4.78, 5) is 35.7. The number of piperidine rings is 1. The zero-order valence-corrected chi connectivity index (χ0v) is 27.1. The van der Waals surface area contributed by atoms with Gasteiger partial charge in [0.2, 0.25) is 0 Å². The van der Waals surface area contributed by atoms with Crippen molar-refractivity contribution in [2.24, 2.45) is 0 Å². The molecular weight excluding hydrogens is 595 g/mol. The molecule has 0 N–H and O–H groups in total. The molecule has 9 heteroatoms. The second kappa shape index (κ2) is 13.2. The van der Waals surface area contributed by atoms with Gasteiger partial charge < -0.3 is 4.90 Å². The molecule has 1 saturated heterocycles. The number of aromatic nitrogens is 2. The van der Waals surface area contributed by atoms with Gasteiger partial charge in [-0.05, 0) is 88.3 Å². The first-order valence-corrected chi connectivity index (χ1v) is 16.3. The van der Waals surface area contributed by atoms with Gasteiger partial charge in [-0.15, -0.1) is 11.3 Å². The zero-order valence-electron chi connectivity index (χ0n) is 26.3. The second-order valence-corrected chi connectivity index (χ2v) is 12.7. The van der Waals surface area contributed by atoms with E-state index in [1.807, 2.05) is 56.9 Å². The number of carbonyl (C=O) groups is 1. The number of carbonyl (C=O) groups excluding carboxylic acids is 1. The maximum atomic E-state index is 14.7. The molecule has 5 nitrogen and oxygen atoms in total. The molecule has 4 aromatic rings. The summed E-state index contributed by atoms with van der Waals surface area (Å²) in [6, 6.07) is 12.6. The Hall–Kier alpha value is -3.98. The fourth-order valence-electron chi connectivity index (χ4n) is 6.01. The molecule has 1 aliphatic rings. The lowest BCUT2D eigenvalue weighted by Gasteiger charge is -2.34. The van der Waals surface area contributed by atoms with Crippen molar-refractivity contribution in [3.8, 4) is 27.5 Å². The molecule has 2 aromatic carbocycles. The first kappa shape index (κ1) is 32.4. The van der Waals surface area contributed by atoms with Gasteiger partial charge in [-0.25, -0.2) is 4.98 Å². The van der Waals surface area contributed by atoms with E-state index < -0.39 is 11.7 Å². The second-order valence-electron chi connectivity index (χ2n) is 11.8. The van der Waals surface area contributed by atoms with E-state index in [1.165, 1.54) is 23.5 Å². The van der Waals surface area contributed by atoms with E-state index in [0.717, 1.165) is 53.8 Å². The largest absolute Gasteiger partial charge is 0.416 e. The Morgan fingerprint density at radius 2 is 1.71 bits per heavy atom. The predicted molar refractivity (Wildman–Crippen MR) is 176 cm³/mol. The maximum absolute atomic E-state index is 14.7. The van der Waals surface area contributed by atoms with Crippen molar-refractivity contribution >= 4 is 23.3 Å². The van der Waals surface area contributed by atoms with Gasteiger partial charge in [0, 0.05) is 23.5 Å². The summed E-state index contributed by atoms with van der Waals surface area (Å²) < 4.78 is 41.2. The molecular formula is C36H38F3N3O2S. The summed E-state index contributed by atoms with van der Waals surface area (Å²) in [6.45, 7) is 10.7. The quantitative estimate of drug-likeness (QED) is 0.204. The number of rotatable bonds is 7. The van der Waals surface area contributed by atoms with Crippen LogP contribution in [0.3, 0.4) is 0 Å². The molecule has 2 aromatic heterocycles. The summed E-state index contributed by atoms with van der Waals surface area (Å²) in [5.74, 6) is -0.128. The number of nitrogens with zero attached hydrogens (tertiary/aromatic N) is 3. The summed E-state index contributed by atoms with van der Waals surface area (Å²) in [7, 11) is 0. The minimum atomic E-state index is -4.44. The van der Waals surface area contributed by atoms with E-state index >= 15 is 0 Å². The Morgan fingerprint density at radius 3 is 2.29 bits per heavy atom. The van der Waals surface area contributed by atoms with Gasteiger partial charge in [0.15, 0.2) is 0 Å². The van der Waals surface area contributed by atoms with Gasteiger partial charge in [0.1, 0.15) is 5.01 Å². The van der Waals surface area contributed by atoms with Crippen molar-refractivity contribution in [3.63, 3.8) is 0 Å². The molecule has 1 amide bonds. The highest BCUT2D eigenvalue weighted by Gasteiger charge is 2.31. The number of thiazole rings is 1. The van der Waals surface area contributed by atoms with Gasteiger partial charge in [0.05, 0.1) is 33.8 Å². The number of para-hydroxylation sites is 1. The Morgan fingerprint density at radius 1 is 1.04 bits per heavy atom. The number of allylic oxidation sites excluding steroid dienone is 1. The van der Waals surface area contributed by atoms with Crippen LogP contribution in [0.1, 0.15) is 86.6 Å². The number of likely N-dealkylation sites (tertiary alicyclic amines) is 1. The number of hydrogen-bond donors (Lipinski definition) is 0. The smallest absolute Gasteiger partial charge is 0.336 e. The monoisotopic (exact) mass is 633 g/mol. The van der Waals surface area contributed by atoms with Crippen LogP contribution >= 0.6 is 11.3 Å². The Bertz CT molecular complexity index is 1780. The number of aryl methyl sites for hydroxylation is 2. The van der Waals surface area contributed by atoms with E-state index in [4.69, 9.17) is 4.98 Å². The fraction of sp³-hybridized carbons (Fsp3) is 0.361. The molecule has 236 valence electrons. The number of halogens is 3. The molecule has 0 aliphatic carbocycles. The van der Waals surface area contributed by atoms with E-state index in [0.29, 0.717) is 46.9 Å². The van der Waals surface area contributed by atoms with Gasteiger partial charge in [-0.2, -0.15) is 13.2 Å². The molecule has 0 radical (unpaired) electrons. The minimum absolute atomic E-state index is 0.0647. The summed E-state index contributed by atoms with van der Waals surface area (Å²) in [6.07, 6.45) is 1.75. The standard InChI is InChI=1S/C36H38F3N3O2S/c1-6-24-12-10-13-25(7-2)32(24)42-31(19-22(3)4)28(34(43)41-18-9-8-11-23(41)5)20-29(35(42)44)33-40-30(21-45-33)26-14-16-27(17-15-26)36(37,38)39/h10,12-17,19-21,23H,6-9,11,18H2,1-5H3/t23-/m1/s1. The summed E-state index contributed by atoms with van der Waals surface area (Å²) in [5, 5.41) is 2.14. The molecule has 1 aliphatic heterocycles. The third kappa shape index (κ3) is 6.54. The predicted octanol–water partition coefficient (Wildman–Crippen LogP) is 9.21. The molecule has 0 bridgehead atoms. The van der Waals surface area contributed by atoms with Gasteiger partial charge in [-0.1, -0.05) is 49.8 Å². The summed E-state index contributed by atoms with van der Waals surface area (Å²) in [5.41, 5.74) is 4.90. The van der Waals surface area contributed by atoms with Crippen LogP contribution in [0.25, 0.3) is 33.6 Å². The van der Waals surface area contributed by atoms with Crippen molar-refractivity contribution in [1.82, 2.24) is 14.5 Å². The fourth-order valence-corrected chi connectivity index (χ4v) is 6.85. The average molecular weight is 634 g/mol. The third-order valence-corrected chi connectivity index (χ3v) is 9.27. The molecule has 0 unspecified atom stereocenters. The van der Waals surface area contributed by atoms with Crippen LogP contribution in [0, 0.1) is 0 Å². The van der Waals surface area contributed by atoms with Crippen LogP contribution in [0.4, 0.5) is 13.2 Å². The summed E-state index contributed by atoms with van der Waals surface area (Å²) >= 11 is 1.23. The lowest BCUT2D eigenvalue weighted by Crippen LogP contribution is -2.43. The number of hydrogen-bond acceptors (Lipinski definition) is 4. The van der Waals surface area contributed by atoms with Crippen molar-refractivity contribution in [3.05, 3.63) is 97.8 Å². The Labute approximate surface area is 266 Å². The molecule has 0 saturated carbocycles. The SMILES string of the molecule is CCc1cccc(CC)c1-n1c(C=C(C)C)c(C(=O)N2CCCC[C@H]2C)cc(-c2nc(-c3ccc(C(F)(F)F)cc3)cs2)c1=O. The van der Waals surface area contributed by atoms with Gasteiger partial charge in [0.25, 0.3) is 11.5 Å². The van der Waals surface area contributed by atoms with Crippen LogP contribution in [0.15, 0.2) is 64.3 Å². The molecule has 5 rings (SSSR count). The highest BCUT2D eigenvalue weighted by molar-refractivity contribution is 7.13. The number of benzene rings is 2. The number of alkyl halides is 3. The topological polar surface area (TPSA) is 55.2 Å². The van der Waals surface area contributed by atoms with Crippen LogP contribution < -0.4 is 5.56 Å². The van der Waals surface area contributed by atoms with Crippen LogP contribution in [0.5, 0.6) is 0 Å². The van der Waals surface area contributed by atoms with Gasteiger partial charge >= 0.3 is 6.18 Å². The van der Waals surface area contributed by atoms with E-state index in [2.05, 4.69) is 6.92 Å². The Balaban J connectivity index is 1.78. The Kier molecular flexibility index (Phi) is 9.49. The highest BCUT2D eigenvalue weighted by atomic mass is 32.1. The molecule has 3 heterocycles. The molecule has 1 atom stereocenters. The van der Waals surface area contributed by atoms with E-state index in [-0.39, 0.29) is 23.1 Å². The molecule has 1 fully saturated rings. The average Bonchev–Trinajstić information content (AvgIpc) is 3.50. The maximum Gasteiger partial charge on any atom is 0.416 e. The highest BCUT2D eigenvalue weighted by Crippen LogP contribution is 2.34. The molecule has 45 heavy (non-hydrogen) atoms. The van der Waals surface area contributed by atoms with Crippen LogP contribution in [0.2, 0.25) is 0 Å². The number of pyridine rings is 1. The van der Waals surface area contributed by atoms with Crippen molar-refractivity contribution in [2.45, 2.75) is 78.9 Å². The normalized spacial score (nSPS) is 15.3. The first-order chi connectivity index (χ1) is 21.4. The molecule has 0 spiro atoms. The first-order valence-electron chi connectivity index (χ1n) is 15.4. The van der Waals surface area contributed by atoms with E-state index in [9.17, 15) is 22.8 Å². The van der Waals surface area contributed by atoms with Crippen molar-refractivity contribution < 1.29 is 18.0 Å².